The Morgan fingerprint density at radius 2 is 2.23 bits per heavy atom. The highest BCUT2D eigenvalue weighted by Gasteiger charge is 2.11. The normalized spacial score (nSPS) is 10.1. The molecule has 1 aromatic rings. The first-order chi connectivity index (χ1) is 6.16. The number of carbonyl (C=O) groups excluding carboxylic acids is 1. The standard InChI is InChI=1S/C8H11N3O2/c1-5(2)7-6(9)8(13-4-12)11-3-10-7/h3-5H,9H2,1-2H3. The topological polar surface area (TPSA) is 78.1 Å². The Labute approximate surface area is 75.9 Å². The van der Waals surface area contributed by atoms with Crippen LogP contribution in [0.15, 0.2) is 6.33 Å². The molecule has 5 nitrogen and oxygen atoms in total. The van der Waals surface area contributed by atoms with Gasteiger partial charge in [-0.15, -0.1) is 0 Å². The summed E-state index contributed by atoms with van der Waals surface area (Å²) in [5, 5.41) is 0. The molecule has 0 aromatic carbocycles. The van der Waals surface area contributed by atoms with Gasteiger partial charge in [0.25, 0.3) is 6.47 Å². The molecule has 0 aliphatic heterocycles. The van der Waals surface area contributed by atoms with Gasteiger partial charge in [-0.25, -0.2) is 4.98 Å². The van der Waals surface area contributed by atoms with E-state index in [4.69, 9.17) is 5.73 Å². The lowest BCUT2D eigenvalue weighted by Crippen LogP contribution is -2.05. The van der Waals surface area contributed by atoms with E-state index in [1.165, 1.54) is 6.33 Å². The first kappa shape index (κ1) is 9.44. The average Bonchev–Trinajstić information content (AvgIpc) is 2.08. The van der Waals surface area contributed by atoms with Crippen LogP contribution in [0.3, 0.4) is 0 Å². The maximum absolute atomic E-state index is 10.1. The average molecular weight is 181 g/mol. The number of nitrogens with zero attached hydrogens (tertiary/aromatic N) is 2. The van der Waals surface area contributed by atoms with Crippen LogP contribution in [-0.2, 0) is 4.79 Å². The van der Waals surface area contributed by atoms with Gasteiger partial charge in [0.1, 0.15) is 12.0 Å². The molecular weight excluding hydrogens is 170 g/mol. The van der Waals surface area contributed by atoms with Crippen LogP contribution in [0.5, 0.6) is 5.88 Å². The van der Waals surface area contributed by atoms with Gasteiger partial charge >= 0.3 is 0 Å². The number of aromatic nitrogens is 2. The lowest BCUT2D eigenvalue weighted by Gasteiger charge is -2.08. The number of nitrogen functional groups attached to an aromatic ring is 1. The van der Waals surface area contributed by atoms with Gasteiger partial charge in [0, 0.05) is 0 Å². The van der Waals surface area contributed by atoms with E-state index in [2.05, 4.69) is 14.7 Å². The minimum absolute atomic E-state index is 0.119. The predicted octanol–water partition coefficient (Wildman–Crippen LogP) is 0.717. The lowest BCUT2D eigenvalue weighted by atomic mass is 10.1. The van der Waals surface area contributed by atoms with Crippen LogP contribution in [0, 0.1) is 0 Å². The van der Waals surface area contributed by atoms with Crippen LogP contribution in [0.2, 0.25) is 0 Å². The van der Waals surface area contributed by atoms with E-state index >= 15 is 0 Å². The number of anilines is 1. The van der Waals surface area contributed by atoms with E-state index in [1.807, 2.05) is 13.8 Å². The fourth-order valence-corrected chi connectivity index (χ4v) is 0.992. The van der Waals surface area contributed by atoms with Gasteiger partial charge in [-0.05, 0) is 5.92 Å². The maximum Gasteiger partial charge on any atom is 0.299 e. The summed E-state index contributed by atoms with van der Waals surface area (Å²) in [4.78, 5) is 17.8. The highest BCUT2D eigenvalue weighted by Crippen LogP contribution is 2.25. The van der Waals surface area contributed by atoms with Crippen LogP contribution < -0.4 is 10.5 Å². The molecule has 0 amide bonds. The summed E-state index contributed by atoms with van der Waals surface area (Å²) in [6.45, 7) is 4.19. The molecule has 0 fully saturated rings. The molecule has 5 heteroatoms. The summed E-state index contributed by atoms with van der Waals surface area (Å²) in [6.07, 6.45) is 1.32. The van der Waals surface area contributed by atoms with Crippen molar-refractivity contribution in [3.05, 3.63) is 12.0 Å². The number of hydrogen-bond donors (Lipinski definition) is 1. The van der Waals surface area contributed by atoms with Crippen LogP contribution >= 0.6 is 0 Å². The van der Waals surface area contributed by atoms with Crippen LogP contribution in [0.4, 0.5) is 5.69 Å². The molecule has 0 saturated heterocycles. The van der Waals surface area contributed by atoms with Crippen LogP contribution in [0.1, 0.15) is 25.5 Å². The Morgan fingerprint density at radius 1 is 1.54 bits per heavy atom. The van der Waals surface area contributed by atoms with Crippen molar-refractivity contribution in [3.8, 4) is 5.88 Å². The smallest absolute Gasteiger partial charge is 0.299 e. The fraction of sp³-hybridized carbons (Fsp3) is 0.375. The molecule has 0 unspecified atom stereocenters. The van der Waals surface area contributed by atoms with E-state index in [0.29, 0.717) is 17.9 Å². The molecule has 0 aliphatic carbocycles. The second-order valence-electron chi connectivity index (χ2n) is 2.85. The van der Waals surface area contributed by atoms with Gasteiger partial charge in [-0.2, -0.15) is 4.98 Å². The van der Waals surface area contributed by atoms with Crippen molar-refractivity contribution in [2.24, 2.45) is 0 Å². The van der Waals surface area contributed by atoms with Crippen molar-refractivity contribution in [1.82, 2.24) is 9.97 Å². The Bertz CT molecular complexity index is 312. The van der Waals surface area contributed by atoms with Gasteiger partial charge < -0.3 is 10.5 Å². The van der Waals surface area contributed by atoms with Crippen LogP contribution in [-0.4, -0.2) is 16.4 Å². The first-order valence-electron chi connectivity index (χ1n) is 3.87. The highest BCUT2D eigenvalue weighted by atomic mass is 16.5. The molecule has 13 heavy (non-hydrogen) atoms. The highest BCUT2D eigenvalue weighted by molar-refractivity contribution is 5.57. The molecular formula is C8H11N3O2. The summed E-state index contributed by atoms with van der Waals surface area (Å²) in [6, 6.07) is 0. The maximum atomic E-state index is 10.1. The largest absolute Gasteiger partial charge is 0.407 e. The third-order valence-electron chi connectivity index (χ3n) is 1.58. The van der Waals surface area contributed by atoms with E-state index < -0.39 is 0 Å². The molecule has 0 aliphatic rings. The van der Waals surface area contributed by atoms with Crippen molar-refractivity contribution < 1.29 is 9.53 Å². The number of nitrogens with two attached hydrogens (primary N) is 1. The summed E-state index contributed by atoms with van der Waals surface area (Å²) in [5.74, 6) is 0.297. The Morgan fingerprint density at radius 3 is 2.77 bits per heavy atom. The van der Waals surface area contributed by atoms with Crippen molar-refractivity contribution in [1.29, 1.82) is 0 Å². The van der Waals surface area contributed by atoms with Gasteiger partial charge in [0.05, 0.1) is 5.69 Å². The fourth-order valence-electron chi connectivity index (χ4n) is 0.992. The number of carbonyl (C=O) groups is 1. The molecule has 0 spiro atoms. The molecule has 1 rings (SSSR count). The SMILES string of the molecule is CC(C)c1ncnc(OC=O)c1N. The molecule has 0 radical (unpaired) electrons. The minimum atomic E-state index is 0.119. The van der Waals surface area contributed by atoms with Crippen molar-refractivity contribution in [3.63, 3.8) is 0 Å². The van der Waals surface area contributed by atoms with Crippen molar-refractivity contribution in [2.45, 2.75) is 19.8 Å². The molecule has 0 bridgehead atoms. The third kappa shape index (κ3) is 1.93. The Hall–Kier alpha value is -1.65. The number of ether oxygens (including phenoxy) is 1. The lowest BCUT2D eigenvalue weighted by molar-refractivity contribution is -0.120. The Balaban J connectivity index is 3.10. The molecule has 0 saturated carbocycles. The summed E-state index contributed by atoms with van der Waals surface area (Å²) >= 11 is 0. The summed E-state index contributed by atoms with van der Waals surface area (Å²) < 4.78 is 4.57. The molecule has 0 atom stereocenters. The summed E-state index contributed by atoms with van der Waals surface area (Å²) in [5.41, 5.74) is 6.67. The molecule has 1 heterocycles. The van der Waals surface area contributed by atoms with Crippen molar-refractivity contribution >= 4 is 12.2 Å². The second-order valence-corrected chi connectivity index (χ2v) is 2.85. The van der Waals surface area contributed by atoms with Gasteiger partial charge in [0.15, 0.2) is 0 Å². The van der Waals surface area contributed by atoms with E-state index in [9.17, 15) is 4.79 Å². The predicted molar refractivity (Wildman–Crippen MR) is 47.2 cm³/mol. The van der Waals surface area contributed by atoms with Crippen LogP contribution in [0.25, 0.3) is 0 Å². The first-order valence-corrected chi connectivity index (χ1v) is 3.87. The molecule has 70 valence electrons. The van der Waals surface area contributed by atoms with Gasteiger partial charge in [-0.1, -0.05) is 13.8 Å². The third-order valence-corrected chi connectivity index (χ3v) is 1.58. The van der Waals surface area contributed by atoms with E-state index in [1.54, 1.807) is 0 Å². The van der Waals surface area contributed by atoms with Gasteiger partial charge in [-0.3, -0.25) is 4.79 Å². The number of rotatable bonds is 3. The minimum Gasteiger partial charge on any atom is -0.407 e. The monoisotopic (exact) mass is 181 g/mol. The van der Waals surface area contributed by atoms with E-state index in [0.717, 1.165) is 0 Å². The zero-order chi connectivity index (χ0) is 9.84. The van der Waals surface area contributed by atoms with Crippen molar-refractivity contribution in [2.75, 3.05) is 5.73 Å². The van der Waals surface area contributed by atoms with Gasteiger partial charge in [0.2, 0.25) is 5.88 Å². The molecule has 1 aromatic heterocycles. The molecule has 2 N–H and O–H groups in total. The second kappa shape index (κ2) is 3.84. The zero-order valence-electron chi connectivity index (χ0n) is 7.52. The number of hydrogen-bond acceptors (Lipinski definition) is 5. The van der Waals surface area contributed by atoms with E-state index in [-0.39, 0.29) is 11.8 Å². The summed E-state index contributed by atoms with van der Waals surface area (Å²) in [7, 11) is 0. The quantitative estimate of drug-likeness (QED) is 0.695. The Kier molecular flexibility index (Phi) is 2.79. The zero-order valence-corrected chi connectivity index (χ0v) is 7.52.